The topological polar surface area (TPSA) is 64.1 Å². The summed E-state index contributed by atoms with van der Waals surface area (Å²) in [5.41, 5.74) is 1.06. The molecule has 0 aliphatic rings. The van der Waals surface area contributed by atoms with Crippen LogP contribution in [0.25, 0.3) is 0 Å². The molecule has 0 radical (unpaired) electrons. The number of carbonyl (C=O) groups is 1. The lowest BCUT2D eigenvalue weighted by Crippen LogP contribution is -2.25. The van der Waals surface area contributed by atoms with Crippen molar-refractivity contribution in [2.24, 2.45) is 0 Å². The molecule has 0 spiro atoms. The Labute approximate surface area is 148 Å². The predicted octanol–water partition coefficient (Wildman–Crippen LogP) is 4.52. The highest BCUT2D eigenvalue weighted by Crippen LogP contribution is 2.26. The number of anilines is 2. The van der Waals surface area contributed by atoms with E-state index in [1.807, 2.05) is 45.0 Å². The number of halogens is 2. The first-order chi connectivity index (χ1) is 10.7. The molecular formula is C16H17BrClN3O2. The quantitative estimate of drug-likeness (QED) is 0.606. The van der Waals surface area contributed by atoms with Gasteiger partial charge in [-0.1, -0.05) is 18.2 Å². The van der Waals surface area contributed by atoms with Crippen molar-refractivity contribution in [3.8, 4) is 0 Å². The molecule has 1 aromatic carbocycles. The van der Waals surface area contributed by atoms with Gasteiger partial charge in [0.15, 0.2) is 0 Å². The number of nitrogens with zero attached hydrogens (tertiary/aromatic N) is 2. The second kappa shape index (κ2) is 7.27. The fourth-order valence-corrected chi connectivity index (χ4v) is 2.31. The Morgan fingerprint density at radius 1 is 1.35 bits per heavy atom. The lowest BCUT2D eigenvalue weighted by molar-refractivity contribution is -0.153. The maximum Gasteiger partial charge on any atom is 0.310 e. The third-order valence-electron chi connectivity index (χ3n) is 2.74. The maximum atomic E-state index is 12.0. The monoisotopic (exact) mass is 397 g/mol. The molecule has 23 heavy (non-hydrogen) atoms. The van der Waals surface area contributed by atoms with Gasteiger partial charge in [0.05, 0.1) is 10.9 Å². The van der Waals surface area contributed by atoms with Gasteiger partial charge in [0.2, 0.25) is 5.28 Å². The van der Waals surface area contributed by atoms with Crippen LogP contribution in [0.3, 0.4) is 0 Å². The minimum Gasteiger partial charge on any atom is -0.460 e. The summed E-state index contributed by atoms with van der Waals surface area (Å²) >= 11 is 9.19. The van der Waals surface area contributed by atoms with Crippen molar-refractivity contribution in [2.75, 3.05) is 5.32 Å². The van der Waals surface area contributed by atoms with Crippen molar-refractivity contribution >= 4 is 45.0 Å². The molecule has 5 nitrogen and oxygen atoms in total. The fourth-order valence-electron chi connectivity index (χ4n) is 1.89. The Balaban J connectivity index is 2.21. The average molecular weight is 399 g/mol. The van der Waals surface area contributed by atoms with Crippen LogP contribution < -0.4 is 5.32 Å². The highest BCUT2D eigenvalue weighted by Gasteiger charge is 2.18. The van der Waals surface area contributed by atoms with Crippen LogP contribution in [-0.4, -0.2) is 21.5 Å². The molecule has 1 heterocycles. The molecule has 0 aliphatic carbocycles. The van der Waals surface area contributed by atoms with E-state index >= 15 is 0 Å². The van der Waals surface area contributed by atoms with Crippen LogP contribution in [-0.2, 0) is 16.0 Å². The standard InChI is InChI=1S/C16H17BrClN3O2/c1-16(2,3)23-13(22)8-10-6-4-5-7-12(10)20-14-11(17)9-19-15(18)21-14/h4-7,9H,8H2,1-3H3,(H,19,20,21). The van der Waals surface area contributed by atoms with Gasteiger partial charge in [-0.15, -0.1) is 0 Å². The largest absolute Gasteiger partial charge is 0.460 e. The van der Waals surface area contributed by atoms with Crippen LogP contribution in [0, 0.1) is 0 Å². The molecule has 2 rings (SSSR count). The number of esters is 1. The molecule has 7 heteroatoms. The summed E-state index contributed by atoms with van der Waals surface area (Å²) in [5, 5.41) is 3.30. The van der Waals surface area contributed by atoms with Gasteiger partial charge in [0.1, 0.15) is 11.4 Å². The lowest BCUT2D eigenvalue weighted by Gasteiger charge is -2.20. The van der Waals surface area contributed by atoms with Crippen LogP contribution >= 0.6 is 27.5 Å². The van der Waals surface area contributed by atoms with Crippen molar-refractivity contribution in [1.29, 1.82) is 0 Å². The van der Waals surface area contributed by atoms with Gasteiger partial charge in [-0.25, -0.2) is 4.98 Å². The Morgan fingerprint density at radius 2 is 2.04 bits per heavy atom. The predicted molar refractivity (Wildman–Crippen MR) is 94.0 cm³/mol. The normalized spacial score (nSPS) is 11.2. The van der Waals surface area contributed by atoms with Gasteiger partial charge in [-0.05, 0) is 59.9 Å². The first kappa shape index (κ1) is 17.7. The van der Waals surface area contributed by atoms with Gasteiger partial charge in [-0.3, -0.25) is 4.79 Å². The highest BCUT2D eigenvalue weighted by atomic mass is 79.9. The maximum absolute atomic E-state index is 12.0. The summed E-state index contributed by atoms with van der Waals surface area (Å²) in [6.07, 6.45) is 1.73. The van der Waals surface area contributed by atoms with Crippen LogP contribution in [0.15, 0.2) is 34.9 Å². The number of nitrogens with one attached hydrogen (secondary N) is 1. The van der Waals surface area contributed by atoms with E-state index < -0.39 is 5.60 Å². The van der Waals surface area contributed by atoms with E-state index in [-0.39, 0.29) is 17.7 Å². The minimum atomic E-state index is -0.511. The number of benzene rings is 1. The number of hydrogen-bond donors (Lipinski definition) is 1. The summed E-state index contributed by atoms with van der Waals surface area (Å²) in [5.74, 6) is 0.244. The van der Waals surface area contributed by atoms with Crippen molar-refractivity contribution in [1.82, 2.24) is 9.97 Å². The lowest BCUT2D eigenvalue weighted by atomic mass is 10.1. The smallest absolute Gasteiger partial charge is 0.310 e. The third-order valence-corrected chi connectivity index (χ3v) is 3.50. The van der Waals surface area contributed by atoms with E-state index in [0.29, 0.717) is 10.3 Å². The summed E-state index contributed by atoms with van der Waals surface area (Å²) < 4.78 is 6.04. The zero-order chi connectivity index (χ0) is 17.0. The van der Waals surface area contributed by atoms with Crippen LogP contribution in [0.2, 0.25) is 5.28 Å². The van der Waals surface area contributed by atoms with E-state index in [4.69, 9.17) is 16.3 Å². The van der Waals surface area contributed by atoms with Crippen molar-refractivity contribution < 1.29 is 9.53 Å². The molecule has 2 aromatic rings. The zero-order valence-corrected chi connectivity index (χ0v) is 15.4. The average Bonchev–Trinajstić information content (AvgIpc) is 2.43. The molecule has 0 aliphatic heterocycles. The molecule has 0 saturated carbocycles. The minimum absolute atomic E-state index is 0.139. The highest BCUT2D eigenvalue weighted by molar-refractivity contribution is 9.10. The summed E-state index contributed by atoms with van der Waals surface area (Å²) in [6.45, 7) is 5.53. The second-order valence-electron chi connectivity index (χ2n) is 5.88. The van der Waals surface area contributed by atoms with Gasteiger partial charge < -0.3 is 10.1 Å². The number of carbonyl (C=O) groups excluding carboxylic acids is 1. The molecule has 0 fully saturated rings. The number of para-hydroxylation sites is 1. The van der Waals surface area contributed by atoms with Gasteiger partial charge in [-0.2, -0.15) is 4.98 Å². The van der Waals surface area contributed by atoms with E-state index in [1.165, 1.54) is 0 Å². The SMILES string of the molecule is CC(C)(C)OC(=O)Cc1ccccc1Nc1nc(Cl)ncc1Br. The Morgan fingerprint density at radius 3 is 2.74 bits per heavy atom. The van der Waals surface area contributed by atoms with Crippen molar-refractivity contribution in [2.45, 2.75) is 32.8 Å². The van der Waals surface area contributed by atoms with E-state index in [1.54, 1.807) is 6.20 Å². The molecule has 0 saturated heterocycles. The summed E-state index contributed by atoms with van der Waals surface area (Å²) in [4.78, 5) is 20.1. The summed E-state index contributed by atoms with van der Waals surface area (Å²) in [6, 6.07) is 7.47. The first-order valence-electron chi connectivity index (χ1n) is 6.99. The molecular weight excluding hydrogens is 382 g/mol. The van der Waals surface area contributed by atoms with Crippen molar-refractivity contribution in [3.63, 3.8) is 0 Å². The van der Waals surface area contributed by atoms with Crippen LogP contribution in [0.5, 0.6) is 0 Å². The van der Waals surface area contributed by atoms with E-state index in [9.17, 15) is 4.79 Å². The molecule has 0 atom stereocenters. The molecule has 122 valence electrons. The molecule has 1 N–H and O–H groups in total. The number of hydrogen-bond acceptors (Lipinski definition) is 5. The van der Waals surface area contributed by atoms with Gasteiger partial charge in [0.25, 0.3) is 0 Å². The molecule has 0 unspecified atom stereocenters. The van der Waals surface area contributed by atoms with Crippen LogP contribution in [0.1, 0.15) is 26.3 Å². The van der Waals surface area contributed by atoms with Gasteiger partial charge in [0, 0.05) is 11.9 Å². The van der Waals surface area contributed by atoms with Crippen molar-refractivity contribution in [3.05, 3.63) is 45.8 Å². The zero-order valence-electron chi connectivity index (χ0n) is 13.1. The molecule has 0 bridgehead atoms. The first-order valence-corrected chi connectivity index (χ1v) is 8.16. The van der Waals surface area contributed by atoms with E-state index in [2.05, 4.69) is 31.2 Å². The van der Waals surface area contributed by atoms with E-state index in [0.717, 1.165) is 11.3 Å². The number of rotatable bonds is 4. The van der Waals surface area contributed by atoms with Crippen LogP contribution in [0.4, 0.5) is 11.5 Å². The summed E-state index contributed by atoms with van der Waals surface area (Å²) in [7, 11) is 0. The number of aromatic nitrogens is 2. The molecule has 0 amide bonds. The number of ether oxygens (including phenoxy) is 1. The Bertz CT molecular complexity index is 717. The molecule has 1 aromatic heterocycles. The second-order valence-corrected chi connectivity index (χ2v) is 7.07. The Hall–Kier alpha value is -1.66. The third kappa shape index (κ3) is 5.48. The fraction of sp³-hybridized carbons (Fsp3) is 0.312. The Kier molecular flexibility index (Phi) is 5.59. The van der Waals surface area contributed by atoms with Gasteiger partial charge >= 0.3 is 5.97 Å².